The predicted molar refractivity (Wildman–Crippen MR) is 124 cm³/mol. The molecule has 29 heavy (non-hydrogen) atoms. The number of nitrogens with zero attached hydrogens (tertiary/aromatic N) is 1. The Balaban J connectivity index is 2.02. The normalized spacial score (nSPS) is 15.5. The number of hydrogen-bond donors (Lipinski definition) is 1. The van der Waals surface area contributed by atoms with E-state index in [1.54, 1.807) is 25.3 Å². The summed E-state index contributed by atoms with van der Waals surface area (Å²) < 4.78 is 11.8. The fourth-order valence-electron chi connectivity index (χ4n) is 2.86. The number of thiocarbonyl (C=S) groups is 1. The monoisotopic (exact) mass is 522 g/mol. The van der Waals surface area contributed by atoms with Gasteiger partial charge in [0.1, 0.15) is 5.57 Å². The van der Waals surface area contributed by atoms with E-state index < -0.39 is 11.8 Å². The van der Waals surface area contributed by atoms with Crippen LogP contribution in [0.1, 0.15) is 18.1 Å². The molecule has 0 unspecified atom stereocenters. The second-order valence-corrected chi connectivity index (χ2v) is 7.81. The van der Waals surface area contributed by atoms with Crippen molar-refractivity contribution < 1.29 is 19.1 Å². The fourth-order valence-corrected chi connectivity index (χ4v) is 3.92. The Kier molecular flexibility index (Phi) is 6.53. The highest BCUT2D eigenvalue weighted by atomic mass is 127. The number of carbonyl (C=O) groups is 2. The molecule has 0 spiro atoms. The molecule has 0 aliphatic carbocycles. The zero-order valence-corrected chi connectivity index (χ0v) is 19.1. The van der Waals surface area contributed by atoms with Gasteiger partial charge in [0, 0.05) is 0 Å². The Bertz CT molecular complexity index is 1020. The molecule has 1 aliphatic rings. The Morgan fingerprint density at radius 1 is 1.21 bits per heavy atom. The van der Waals surface area contributed by atoms with E-state index in [1.807, 2.05) is 32.0 Å². The number of amides is 2. The third-order valence-corrected chi connectivity index (χ3v) is 5.33. The van der Waals surface area contributed by atoms with Crippen LogP contribution in [0.15, 0.2) is 42.0 Å². The molecule has 0 atom stereocenters. The number of nitrogens with one attached hydrogen (secondary N) is 1. The summed E-state index contributed by atoms with van der Waals surface area (Å²) in [6, 6.07) is 10.9. The maximum Gasteiger partial charge on any atom is 0.270 e. The molecule has 0 saturated carbocycles. The largest absolute Gasteiger partial charge is 0.493 e. The molecule has 2 amide bonds. The van der Waals surface area contributed by atoms with Gasteiger partial charge in [-0.2, -0.15) is 0 Å². The molecule has 2 aromatic carbocycles. The quantitative estimate of drug-likeness (QED) is 0.280. The van der Waals surface area contributed by atoms with Gasteiger partial charge in [-0.1, -0.05) is 17.7 Å². The standard InChI is InChI=1S/C21H19IN2O4S/c1-4-28-18-16(22)10-13(11-17(18)27-3)9-15-19(25)23-21(29)24(20(15)26)14-7-5-12(2)6-8-14/h5-11H,4H2,1-3H3,(H,23,25,29)/b15-9-. The van der Waals surface area contributed by atoms with E-state index in [-0.39, 0.29) is 10.7 Å². The van der Waals surface area contributed by atoms with Crippen LogP contribution in [0.2, 0.25) is 0 Å². The van der Waals surface area contributed by atoms with Crippen LogP contribution in [0.3, 0.4) is 0 Å². The molecule has 1 fully saturated rings. The summed E-state index contributed by atoms with van der Waals surface area (Å²) >= 11 is 7.36. The highest BCUT2D eigenvalue weighted by molar-refractivity contribution is 14.1. The van der Waals surface area contributed by atoms with Gasteiger partial charge in [0.25, 0.3) is 11.8 Å². The maximum atomic E-state index is 13.1. The van der Waals surface area contributed by atoms with E-state index in [4.69, 9.17) is 21.7 Å². The number of rotatable bonds is 5. The summed E-state index contributed by atoms with van der Waals surface area (Å²) in [6.45, 7) is 4.34. The lowest BCUT2D eigenvalue weighted by Crippen LogP contribution is -2.54. The van der Waals surface area contributed by atoms with Gasteiger partial charge in [-0.3, -0.25) is 19.8 Å². The van der Waals surface area contributed by atoms with E-state index in [9.17, 15) is 9.59 Å². The number of hydrogen-bond acceptors (Lipinski definition) is 5. The van der Waals surface area contributed by atoms with Crippen molar-refractivity contribution in [3.63, 3.8) is 0 Å². The van der Waals surface area contributed by atoms with Crippen LogP contribution in [0.4, 0.5) is 5.69 Å². The highest BCUT2D eigenvalue weighted by Gasteiger charge is 2.34. The van der Waals surface area contributed by atoms with Crippen molar-refractivity contribution in [1.82, 2.24) is 5.32 Å². The van der Waals surface area contributed by atoms with Gasteiger partial charge in [0.05, 0.1) is 23.0 Å². The van der Waals surface area contributed by atoms with Crippen molar-refractivity contribution in [3.05, 3.63) is 56.7 Å². The highest BCUT2D eigenvalue weighted by Crippen LogP contribution is 2.35. The van der Waals surface area contributed by atoms with Crippen molar-refractivity contribution >= 4 is 63.5 Å². The Morgan fingerprint density at radius 3 is 2.52 bits per heavy atom. The third kappa shape index (κ3) is 4.43. The van der Waals surface area contributed by atoms with Gasteiger partial charge in [-0.25, -0.2) is 0 Å². The summed E-state index contributed by atoms with van der Waals surface area (Å²) in [7, 11) is 1.54. The number of methoxy groups -OCH3 is 1. The van der Waals surface area contributed by atoms with Crippen LogP contribution in [-0.4, -0.2) is 30.6 Å². The van der Waals surface area contributed by atoms with E-state index in [2.05, 4.69) is 27.9 Å². The molecule has 1 aliphatic heterocycles. The van der Waals surface area contributed by atoms with Crippen LogP contribution in [0, 0.1) is 10.5 Å². The number of carbonyl (C=O) groups excluding carboxylic acids is 2. The van der Waals surface area contributed by atoms with E-state index >= 15 is 0 Å². The Labute approximate surface area is 188 Å². The number of benzene rings is 2. The summed E-state index contributed by atoms with van der Waals surface area (Å²) in [5.74, 6) is 0.136. The van der Waals surface area contributed by atoms with Crippen LogP contribution in [0.5, 0.6) is 11.5 Å². The molecule has 0 radical (unpaired) electrons. The Hall–Kier alpha value is -2.46. The minimum absolute atomic E-state index is 0.0128. The van der Waals surface area contributed by atoms with Gasteiger partial charge in [-0.05, 0) is 84.6 Å². The molecule has 8 heteroatoms. The second kappa shape index (κ2) is 8.91. The topological polar surface area (TPSA) is 67.9 Å². The molecule has 0 bridgehead atoms. The van der Waals surface area contributed by atoms with E-state index in [1.165, 1.54) is 11.0 Å². The van der Waals surface area contributed by atoms with Crippen LogP contribution in [-0.2, 0) is 9.59 Å². The molecular formula is C21H19IN2O4S. The third-order valence-electron chi connectivity index (χ3n) is 4.25. The lowest BCUT2D eigenvalue weighted by atomic mass is 10.1. The number of ether oxygens (including phenoxy) is 2. The lowest BCUT2D eigenvalue weighted by molar-refractivity contribution is -0.122. The maximum absolute atomic E-state index is 13.1. The molecule has 1 saturated heterocycles. The van der Waals surface area contributed by atoms with Crippen molar-refractivity contribution in [2.24, 2.45) is 0 Å². The smallest absolute Gasteiger partial charge is 0.270 e. The first kappa shape index (κ1) is 21.3. The van der Waals surface area contributed by atoms with Gasteiger partial charge >= 0.3 is 0 Å². The van der Waals surface area contributed by atoms with Crippen LogP contribution < -0.4 is 19.7 Å². The summed E-state index contributed by atoms with van der Waals surface area (Å²) in [4.78, 5) is 26.9. The Morgan fingerprint density at radius 2 is 1.90 bits per heavy atom. The van der Waals surface area contributed by atoms with Crippen molar-refractivity contribution in [2.75, 3.05) is 18.6 Å². The number of aryl methyl sites for hydroxylation is 1. The minimum atomic E-state index is -0.536. The van der Waals surface area contributed by atoms with Gasteiger partial charge in [-0.15, -0.1) is 0 Å². The van der Waals surface area contributed by atoms with Crippen molar-refractivity contribution in [3.8, 4) is 11.5 Å². The molecular weight excluding hydrogens is 503 g/mol. The first-order valence-corrected chi connectivity index (χ1v) is 10.3. The van der Waals surface area contributed by atoms with Gasteiger partial charge < -0.3 is 9.47 Å². The SMILES string of the molecule is CCOc1c(I)cc(/C=C2/C(=O)NC(=S)N(c3ccc(C)cc3)C2=O)cc1OC. The second-order valence-electron chi connectivity index (χ2n) is 6.26. The molecule has 2 aromatic rings. The average Bonchev–Trinajstić information content (AvgIpc) is 2.68. The zero-order valence-electron chi connectivity index (χ0n) is 16.1. The summed E-state index contributed by atoms with van der Waals surface area (Å²) in [5.41, 5.74) is 2.28. The zero-order chi connectivity index (χ0) is 21.1. The van der Waals surface area contributed by atoms with Crippen molar-refractivity contribution in [2.45, 2.75) is 13.8 Å². The van der Waals surface area contributed by atoms with Gasteiger partial charge in [0.2, 0.25) is 0 Å². The minimum Gasteiger partial charge on any atom is -0.493 e. The summed E-state index contributed by atoms with van der Waals surface area (Å²) in [6.07, 6.45) is 1.53. The molecule has 1 N–H and O–H groups in total. The van der Waals surface area contributed by atoms with Crippen LogP contribution in [0.25, 0.3) is 6.08 Å². The fraction of sp³-hybridized carbons (Fsp3) is 0.190. The van der Waals surface area contributed by atoms with Crippen molar-refractivity contribution in [1.29, 1.82) is 0 Å². The number of halogens is 1. The molecule has 0 aromatic heterocycles. The summed E-state index contributed by atoms with van der Waals surface area (Å²) in [5, 5.41) is 2.65. The molecule has 3 rings (SSSR count). The predicted octanol–water partition coefficient (Wildman–Crippen LogP) is 3.84. The molecule has 6 nitrogen and oxygen atoms in total. The van der Waals surface area contributed by atoms with E-state index in [0.29, 0.717) is 29.4 Å². The first-order chi connectivity index (χ1) is 13.8. The lowest BCUT2D eigenvalue weighted by Gasteiger charge is -2.29. The molecule has 1 heterocycles. The van der Waals surface area contributed by atoms with Crippen LogP contribution >= 0.6 is 34.8 Å². The molecule has 150 valence electrons. The number of anilines is 1. The van der Waals surface area contributed by atoms with E-state index in [0.717, 1.165) is 9.13 Å². The average molecular weight is 522 g/mol. The van der Waals surface area contributed by atoms with Gasteiger partial charge in [0.15, 0.2) is 16.6 Å². The first-order valence-electron chi connectivity index (χ1n) is 8.84.